The quantitative estimate of drug-likeness (QED) is 0.801. The van der Waals surface area contributed by atoms with E-state index in [9.17, 15) is 0 Å². The van der Waals surface area contributed by atoms with Crippen LogP contribution in [-0.2, 0) is 11.3 Å². The summed E-state index contributed by atoms with van der Waals surface area (Å²) in [6.07, 6.45) is 1.98. The van der Waals surface area contributed by atoms with Gasteiger partial charge < -0.3 is 14.2 Å². The molecular formula is C15H23N5O2S. The number of hydrogen-bond donors (Lipinski definition) is 0. The number of rotatable bonds is 6. The summed E-state index contributed by atoms with van der Waals surface area (Å²) >= 11 is 1.75. The van der Waals surface area contributed by atoms with Gasteiger partial charge in [0.1, 0.15) is 6.04 Å². The topological polar surface area (TPSA) is 67.5 Å². The van der Waals surface area contributed by atoms with Gasteiger partial charge >= 0.3 is 0 Å². The maximum atomic E-state index is 5.60. The van der Waals surface area contributed by atoms with Crippen LogP contribution in [0.3, 0.4) is 0 Å². The fourth-order valence-electron chi connectivity index (χ4n) is 2.71. The summed E-state index contributed by atoms with van der Waals surface area (Å²) in [5.41, 5.74) is 0. The predicted octanol–water partition coefficient (Wildman–Crippen LogP) is 2.25. The normalized spacial score (nSPS) is 19.2. The first kappa shape index (κ1) is 16.4. The van der Waals surface area contributed by atoms with Crippen LogP contribution >= 0.6 is 11.3 Å². The average molecular weight is 337 g/mol. The monoisotopic (exact) mass is 337 g/mol. The Morgan fingerprint density at radius 2 is 2.22 bits per heavy atom. The van der Waals surface area contributed by atoms with Crippen LogP contribution in [0, 0.1) is 6.92 Å². The first-order valence-corrected chi connectivity index (χ1v) is 8.84. The highest BCUT2D eigenvalue weighted by Crippen LogP contribution is 2.28. The zero-order valence-electron chi connectivity index (χ0n) is 13.9. The molecule has 1 aliphatic heterocycles. The van der Waals surface area contributed by atoms with Gasteiger partial charge in [-0.2, -0.15) is 4.98 Å². The lowest BCUT2D eigenvalue weighted by Gasteiger charge is -2.32. The molecule has 23 heavy (non-hydrogen) atoms. The van der Waals surface area contributed by atoms with Crippen molar-refractivity contribution in [2.75, 3.05) is 37.7 Å². The van der Waals surface area contributed by atoms with Gasteiger partial charge in [0.15, 0.2) is 11.0 Å². The van der Waals surface area contributed by atoms with Gasteiger partial charge in [0.05, 0.1) is 13.2 Å². The number of aromatic nitrogens is 3. The Hall–Kier alpha value is -1.51. The molecule has 1 atom stereocenters. The van der Waals surface area contributed by atoms with Gasteiger partial charge in [-0.05, 0) is 20.8 Å². The minimum absolute atomic E-state index is 0.0175. The second-order valence-corrected chi connectivity index (χ2v) is 6.62. The van der Waals surface area contributed by atoms with Crippen LogP contribution in [0.2, 0.25) is 0 Å². The largest absolute Gasteiger partial charge is 0.378 e. The Kier molecular flexibility index (Phi) is 5.24. The number of thiazole rings is 1. The van der Waals surface area contributed by atoms with Crippen molar-refractivity contribution in [3.05, 3.63) is 22.8 Å². The fourth-order valence-corrected chi connectivity index (χ4v) is 3.78. The molecule has 3 heterocycles. The van der Waals surface area contributed by atoms with Crippen molar-refractivity contribution in [3.63, 3.8) is 0 Å². The molecule has 1 fully saturated rings. The smallest absolute Gasteiger partial charge is 0.246 e. The van der Waals surface area contributed by atoms with Gasteiger partial charge in [-0.3, -0.25) is 4.90 Å². The van der Waals surface area contributed by atoms with Crippen LogP contribution in [0.25, 0.3) is 0 Å². The van der Waals surface area contributed by atoms with Gasteiger partial charge in [0, 0.05) is 37.3 Å². The van der Waals surface area contributed by atoms with E-state index in [1.165, 1.54) is 4.88 Å². The lowest BCUT2D eigenvalue weighted by Crippen LogP contribution is -2.39. The lowest BCUT2D eigenvalue weighted by molar-refractivity contribution is -0.0236. The van der Waals surface area contributed by atoms with Gasteiger partial charge in [0.25, 0.3) is 0 Å². The van der Waals surface area contributed by atoms with Crippen LogP contribution < -0.4 is 4.90 Å². The van der Waals surface area contributed by atoms with Crippen LogP contribution in [-0.4, -0.2) is 52.9 Å². The molecule has 0 bridgehead atoms. The van der Waals surface area contributed by atoms with E-state index in [1.807, 2.05) is 13.1 Å². The van der Waals surface area contributed by atoms with Crippen molar-refractivity contribution < 1.29 is 9.26 Å². The number of morpholine rings is 1. The van der Waals surface area contributed by atoms with Crippen molar-refractivity contribution in [3.8, 4) is 0 Å². The summed E-state index contributed by atoms with van der Waals surface area (Å²) in [5, 5.41) is 4.98. The molecule has 0 aliphatic carbocycles. The molecule has 8 heteroatoms. The lowest BCUT2D eigenvalue weighted by atomic mass is 10.2. The van der Waals surface area contributed by atoms with Crippen molar-refractivity contribution in [1.29, 1.82) is 0 Å². The molecule has 0 aromatic carbocycles. The fraction of sp³-hybridized carbons (Fsp3) is 0.667. The highest BCUT2D eigenvalue weighted by Gasteiger charge is 2.29. The molecule has 3 rings (SSSR count). The second kappa shape index (κ2) is 7.37. The Bertz CT molecular complexity index is 625. The summed E-state index contributed by atoms with van der Waals surface area (Å²) in [6.45, 7) is 11.1. The highest BCUT2D eigenvalue weighted by molar-refractivity contribution is 7.15. The molecule has 1 saturated heterocycles. The third-order valence-electron chi connectivity index (χ3n) is 4.00. The molecule has 0 unspecified atom stereocenters. The molecule has 0 amide bonds. The van der Waals surface area contributed by atoms with Crippen LogP contribution in [0.4, 0.5) is 5.13 Å². The third-order valence-corrected chi connectivity index (χ3v) is 5.04. The number of anilines is 1. The maximum absolute atomic E-state index is 5.60. The summed E-state index contributed by atoms with van der Waals surface area (Å²) in [7, 11) is 0. The zero-order valence-corrected chi connectivity index (χ0v) is 14.7. The minimum Gasteiger partial charge on any atom is -0.378 e. The van der Waals surface area contributed by atoms with E-state index in [0.717, 1.165) is 37.9 Å². The van der Waals surface area contributed by atoms with Gasteiger partial charge in [-0.15, -0.1) is 11.3 Å². The second-order valence-electron chi connectivity index (χ2n) is 5.52. The first-order chi connectivity index (χ1) is 11.2. The van der Waals surface area contributed by atoms with Crippen molar-refractivity contribution in [2.45, 2.75) is 33.4 Å². The number of aryl methyl sites for hydroxylation is 1. The van der Waals surface area contributed by atoms with Gasteiger partial charge in [-0.1, -0.05) is 5.16 Å². The average Bonchev–Trinajstić information content (AvgIpc) is 3.19. The number of hydrogen-bond acceptors (Lipinski definition) is 8. The van der Waals surface area contributed by atoms with Gasteiger partial charge in [-0.25, -0.2) is 4.98 Å². The molecular weight excluding hydrogens is 314 g/mol. The molecule has 0 radical (unpaired) electrons. The van der Waals surface area contributed by atoms with E-state index < -0.39 is 0 Å². The summed E-state index contributed by atoms with van der Waals surface area (Å²) in [6, 6.07) is 0.0175. The molecule has 2 aromatic rings. The van der Waals surface area contributed by atoms with Gasteiger partial charge in [0.2, 0.25) is 5.89 Å². The highest BCUT2D eigenvalue weighted by atomic mass is 32.1. The maximum Gasteiger partial charge on any atom is 0.246 e. The van der Waals surface area contributed by atoms with E-state index in [2.05, 4.69) is 38.8 Å². The SMILES string of the molecule is CCN(CC)c1ncc(CN2CCOC[C@@H]2c2nc(C)no2)s1. The molecule has 126 valence electrons. The van der Waals surface area contributed by atoms with E-state index in [0.29, 0.717) is 18.3 Å². The molecule has 2 aromatic heterocycles. The summed E-state index contributed by atoms with van der Waals surface area (Å²) < 4.78 is 10.9. The van der Waals surface area contributed by atoms with E-state index >= 15 is 0 Å². The van der Waals surface area contributed by atoms with Crippen LogP contribution in [0.15, 0.2) is 10.7 Å². The third kappa shape index (κ3) is 3.70. The molecule has 0 saturated carbocycles. The van der Waals surface area contributed by atoms with Crippen LogP contribution in [0.5, 0.6) is 0 Å². The van der Waals surface area contributed by atoms with E-state index in [4.69, 9.17) is 9.26 Å². The number of ether oxygens (including phenoxy) is 1. The first-order valence-electron chi connectivity index (χ1n) is 8.03. The zero-order chi connectivity index (χ0) is 16.2. The standard InChI is InChI=1S/C15H23N5O2S/c1-4-19(5-2)15-16-8-12(23-15)9-20-6-7-21-10-13(20)14-17-11(3)18-22-14/h8,13H,4-7,9-10H2,1-3H3/t13-/m1/s1. The van der Waals surface area contributed by atoms with E-state index in [1.54, 1.807) is 11.3 Å². The summed E-state index contributed by atoms with van der Waals surface area (Å²) in [4.78, 5) is 14.8. The number of nitrogens with zero attached hydrogens (tertiary/aromatic N) is 5. The Morgan fingerprint density at radius 1 is 1.39 bits per heavy atom. The van der Waals surface area contributed by atoms with Crippen LogP contribution in [0.1, 0.15) is 36.5 Å². The Labute approximate surface area is 140 Å². The molecule has 7 nitrogen and oxygen atoms in total. The predicted molar refractivity (Wildman–Crippen MR) is 88.7 cm³/mol. The molecule has 1 aliphatic rings. The Morgan fingerprint density at radius 3 is 2.91 bits per heavy atom. The minimum atomic E-state index is 0.0175. The molecule has 0 spiro atoms. The van der Waals surface area contributed by atoms with Crippen molar-refractivity contribution >= 4 is 16.5 Å². The Balaban J connectivity index is 1.72. The van der Waals surface area contributed by atoms with E-state index in [-0.39, 0.29) is 6.04 Å². The summed E-state index contributed by atoms with van der Waals surface area (Å²) in [5.74, 6) is 1.29. The van der Waals surface area contributed by atoms with Crippen molar-refractivity contribution in [1.82, 2.24) is 20.0 Å². The van der Waals surface area contributed by atoms with Crippen molar-refractivity contribution in [2.24, 2.45) is 0 Å². The molecule has 0 N–H and O–H groups in total.